The lowest BCUT2D eigenvalue weighted by Gasteiger charge is -2.31. The summed E-state index contributed by atoms with van der Waals surface area (Å²) in [5.74, 6) is 0.502. The van der Waals surface area contributed by atoms with E-state index < -0.39 is 0 Å². The maximum Gasteiger partial charge on any atom is 0.323 e. The van der Waals surface area contributed by atoms with Crippen LogP contribution < -0.4 is 5.32 Å². The van der Waals surface area contributed by atoms with E-state index >= 15 is 0 Å². The number of anilines is 1. The second-order valence-corrected chi connectivity index (χ2v) is 6.16. The quantitative estimate of drug-likeness (QED) is 0.926. The molecular formula is C15H18N4OS. The number of carbonyl (C=O) groups excluding carboxylic acids is 1. The molecule has 1 aliphatic rings. The average molecular weight is 302 g/mol. The number of thiazole rings is 1. The second kappa shape index (κ2) is 6.22. The number of carbonyl (C=O) groups is 1. The Labute approximate surface area is 128 Å². The fraction of sp³-hybridized carbons (Fsp3) is 0.400. The topological polar surface area (TPSA) is 58.1 Å². The first-order chi connectivity index (χ1) is 10.2. The van der Waals surface area contributed by atoms with E-state index in [2.05, 4.69) is 27.4 Å². The SMILES string of the molecule is Cc1ccc(C2CCN(C(=O)Nc3nccs3)CC2)cn1. The van der Waals surface area contributed by atoms with Gasteiger partial charge in [-0.15, -0.1) is 11.3 Å². The number of likely N-dealkylation sites (tertiary alicyclic amines) is 1. The molecule has 1 N–H and O–H groups in total. The highest BCUT2D eigenvalue weighted by molar-refractivity contribution is 7.13. The smallest absolute Gasteiger partial charge is 0.323 e. The molecule has 3 rings (SSSR count). The first kappa shape index (κ1) is 14.0. The van der Waals surface area contributed by atoms with Crippen LogP contribution in [0.3, 0.4) is 0 Å². The number of hydrogen-bond donors (Lipinski definition) is 1. The molecule has 5 nitrogen and oxygen atoms in total. The van der Waals surface area contributed by atoms with Gasteiger partial charge in [0, 0.05) is 36.6 Å². The number of amides is 2. The molecule has 0 atom stereocenters. The fourth-order valence-electron chi connectivity index (χ4n) is 2.59. The molecular weight excluding hydrogens is 284 g/mol. The Morgan fingerprint density at radius 3 is 2.76 bits per heavy atom. The van der Waals surface area contributed by atoms with E-state index in [1.54, 1.807) is 6.20 Å². The molecule has 3 heterocycles. The van der Waals surface area contributed by atoms with Crippen molar-refractivity contribution in [3.8, 4) is 0 Å². The van der Waals surface area contributed by atoms with Gasteiger partial charge in [-0.3, -0.25) is 10.3 Å². The molecule has 0 saturated carbocycles. The number of piperidine rings is 1. The summed E-state index contributed by atoms with van der Waals surface area (Å²) in [5.41, 5.74) is 2.32. The maximum atomic E-state index is 12.1. The highest BCUT2D eigenvalue weighted by Gasteiger charge is 2.24. The molecule has 0 unspecified atom stereocenters. The van der Waals surface area contributed by atoms with Crippen LogP contribution in [0.25, 0.3) is 0 Å². The Hall–Kier alpha value is -1.95. The van der Waals surface area contributed by atoms with Crippen molar-refractivity contribution in [2.75, 3.05) is 18.4 Å². The zero-order valence-electron chi connectivity index (χ0n) is 12.0. The van der Waals surface area contributed by atoms with Crippen LogP contribution in [-0.2, 0) is 0 Å². The maximum absolute atomic E-state index is 12.1. The van der Waals surface area contributed by atoms with Gasteiger partial charge < -0.3 is 4.90 Å². The molecule has 0 radical (unpaired) electrons. The molecule has 0 aliphatic carbocycles. The Kier molecular flexibility index (Phi) is 4.15. The number of pyridine rings is 1. The Morgan fingerprint density at radius 1 is 1.33 bits per heavy atom. The third-order valence-electron chi connectivity index (χ3n) is 3.83. The molecule has 21 heavy (non-hydrogen) atoms. The third kappa shape index (κ3) is 3.39. The Balaban J connectivity index is 1.55. The number of nitrogens with one attached hydrogen (secondary N) is 1. The number of hydrogen-bond acceptors (Lipinski definition) is 4. The van der Waals surface area contributed by atoms with Gasteiger partial charge >= 0.3 is 6.03 Å². The second-order valence-electron chi connectivity index (χ2n) is 5.26. The fourth-order valence-corrected chi connectivity index (χ4v) is 3.11. The standard InChI is InChI=1S/C15H18N4OS/c1-11-2-3-13(10-17-11)12-4-7-19(8-5-12)15(20)18-14-16-6-9-21-14/h2-3,6,9-10,12H,4-5,7-8H2,1H3,(H,16,18,20). The van der Waals surface area contributed by atoms with E-state index in [1.165, 1.54) is 16.9 Å². The highest BCUT2D eigenvalue weighted by Crippen LogP contribution is 2.27. The predicted molar refractivity (Wildman–Crippen MR) is 83.7 cm³/mol. The summed E-state index contributed by atoms with van der Waals surface area (Å²) >= 11 is 1.44. The summed E-state index contributed by atoms with van der Waals surface area (Å²) in [4.78, 5) is 22.4. The van der Waals surface area contributed by atoms with Crippen LogP contribution in [0, 0.1) is 6.92 Å². The van der Waals surface area contributed by atoms with Gasteiger partial charge in [0.1, 0.15) is 0 Å². The van der Waals surface area contributed by atoms with Crippen LogP contribution >= 0.6 is 11.3 Å². The van der Waals surface area contributed by atoms with Gasteiger partial charge in [0.15, 0.2) is 5.13 Å². The summed E-state index contributed by atoms with van der Waals surface area (Å²) < 4.78 is 0. The third-order valence-corrected chi connectivity index (χ3v) is 4.52. The van der Waals surface area contributed by atoms with Crippen molar-refractivity contribution in [1.82, 2.24) is 14.9 Å². The van der Waals surface area contributed by atoms with E-state index in [1.807, 2.05) is 23.4 Å². The lowest BCUT2D eigenvalue weighted by atomic mass is 9.90. The van der Waals surface area contributed by atoms with Gasteiger partial charge in [-0.25, -0.2) is 9.78 Å². The molecule has 0 bridgehead atoms. The molecule has 1 aliphatic heterocycles. The van der Waals surface area contributed by atoms with Gasteiger partial charge in [-0.2, -0.15) is 0 Å². The lowest BCUT2D eigenvalue weighted by Crippen LogP contribution is -2.40. The number of urea groups is 1. The van der Waals surface area contributed by atoms with Crippen LogP contribution in [0.4, 0.5) is 9.93 Å². The summed E-state index contributed by atoms with van der Waals surface area (Å²) in [6.07, 6.45) is 5.62. The molecule has 2 aromatic heterocycles. The van der Waals surface area contributed by atoms with Crippen molar-refractivity contribution in [3.05, 3.63) is 41.2 Å². The number of aromatic nitrogens is 2. The number of rotatable bonds is 2. The minimum Gasteiger partial charge on any atom is -0.324 e. The molecule has 0 spiro atoms. The van der Waals surface area contributed by atoms with Crippen LogP contribution in [0.1, 0.15) is 30.0 Å². The molecule has 6 heteroatoms. The zero-order valence-corrected chi connectivity index (χ0v) is 12.8. The number of aryl methyl sites for hydroxylation is 1. The number of nitrogens with zero attached hydrogens (tertiary/aromatic N) is 3. The normalized spacial score (nSPS) is 16.0. The summed E-state index contributed by atoms with van der Waals surface area (Å²) in [6, 6.07) is 4.15. The van der Waals surface area contributed by atoms with Gasteiger partial charge in [0.25, 0.3) is 0 Å². The van der Waals surface area contributed by atoms with E-state index in [9.17, 15) is 4.79 Å². The van der Waals surface area contributed by atoms with Crippen LogP contribution in [0.2, 0.25) is 0 Å². The molecule has 2 amide bonds. The first-order valence-corrected chi connectivity index (χ1v) is 7.98. The van der Waals surface area contributed by atoms with Gasteiger partial charge in [-0.05, 0) is 37.3 Å². The van der Waals surface area contributed by atoms with Crippen molar-refractivity contribution >= 4 is 22.5 Å². The van der Waals surface area contributed by atoms with Gasteiger partial charge in [-0.1, -0.05) is 6.07 Å². The van der Waals surface area contributed by atoms with Crippen molar-refractivity contribution in [2.24, 2.45) is 0 Å². The van der Waals surface area contributed by atoms with Crippen molar-refractivity contribution in [2.45, 2.75) is 25.7 Å². The van der Waals surface area contributed by atoms with Crippen molar-refractivity contribution in [1.29, 1.82) is 0 Å². The molecule has 110 valence electrons. The Morgan fingerprint density at radius 2 is 2.14 bits per heavy atom. The summed E-state index contributed by atoms with van der Waals surface area (Å²) in [7, 11) is 0. The molecule has 0 aromatic carbocycles. The largest absolute Gasteiger partial charge is 0.324 e. The molecule has 1 saturated heterocycles. The van der Waals surface area contributed by atoms with Crippen molar-refractivity contribution < 1.29 is 4.79 Å². The van der Waals surface area contributed by atoms with E-state index in [0.29, 0.717) is 11.0 Å². The predicted octanol–water partition coefficient (Wildman–Crippen LogP) is 3.26. The van der Waals surface area contributed by atoms with Gasteiger partial charge in [0.05, 0.1) is 0 Å². The van der Waals surface area contributed by atoms with Gasteiger partial charge in [0.2, 0.25) is 0 Å². The van der Waals surface area contributed by atoms with Crippen LogP contribution in [-0.4, -0.2) is 34.0 Å². The van der Waals surface area contributed by atoms with E-state index in [4.69, 9.17) is 0 Å². The van der Waals surface area contributed by atoms with Crippen molar-refractivity contribution in [3.63, 3.8) is 0 Å². The Bertz CT molecular complexity index is 589. The van der Waals surface area contributed by atoms with Crippen LogP contribution in [0.15, 0.2) is 29.9 Å². The first-order valence-electron chi connectivity index (χ1n) is 7.10. The zero-order chi connectivity index (χ0) is 14.7. The van der Waals surface area contributed by atoms with E-state index in [-0.39, 0.29) is 6.03 Å². The van der Waals surface area contributed by atoms with E-state index in [0.717, 1.165) is 31.6 Å². The minimum atomic E-state index is -0.0505. The minimum absolute atomic E-state index is 0.0505. The highest BCUT2D eigenvalue weighted by atomic mass is 32.1. The molecule has 2 aromatic rings. The van der Waals surface area contributed by atoms with Crippen LogP contribution in [0.5, 0.6) is 0 Å². The monoisotopic (exact) mass is 302 g/mol. The summed E-state index contributed by atoms with van der Waals surface area (Å²) in [5, 5.41) is 5.35. The molecule has 1 fully saturated rings. The summed E-state index contributed by atoms with van der Waals surface area (Å²) in [6.45, 7) is 3.54. The lowest BCUT2D eigenvalue weighted by molar-refractivity contribution is 0.194. The average Bonchev–Trinajstić information content (AvgIpc) is 3.01.